The first-order chi connectivity index (χ1) is 15.2. The van der Waals surface area contributed by atoms with Crippen LogP contribution in [0.3, 0.4) is 0 Å². The predicted octanol–water partition coefficient (Wildman–Crippen LogP) is 2.05. The quantitative estimate of drug-likeness (QED) is 0.748. The van der Waals surface area contributed by atoms with Crippen molar-refractivity contribution in [3.05, 3.63) is 59.3 Å². The zero-order valence-corrected chi connectivity index (χ0v) is 19.3. The van der Waals surface area contributed by atoms with Gasteiger partial charge in [0.05, 0.1) is 5.92 Å². The SMILES string of the molecule is CNc1cc(C(=O)N(C)Cc2ccc([C@H]3CN(C(C)=O)C[C@@H]3C(=O)N(C)C)cc2)ccn1. The highest BCUT2D eigenvalue weighted by Gasteiger charge is 2.40. The molecule has 1 fully saturated rings. The van der Waals surface area contributed by atoms with E-state index in [0.29, 0.717) is 31.0 Å². The van der Waals surface area contributed by atoms with Gasteiger partial charge in [-0.15, -0.1) is 0 Å². The fourth-order valence-corrected chi connectivity index (χ4v) is 4.12. The van der Waals surface area contributed by atoms with Crippen molar-refractivity contribution < 1.29 is 14.4 Å². The maximum absolute atomic E-state index is 12.8. The van der Waals surface area contributed by atoms with E-state index in [0.717, 1.165) is 11.1 Å². The molecule has 1 aromatic carbocycles. The van der Waals surface area contributed by atoms with Crippen molar-refractivity contribution in [1.82, 2.24) is 19.7 Å². The van der Waals surface area contributed by atoms with Crippen molar-refractivity contribution in [2.24, 2.45) is 5.92 Å². The first-order valence-corrected chi connectivity index (χ1v) is 10.7. The molecule has 0 saturated carbocycles. The zero-order valence-electron chi connectivity index (χ0n) is 19.3. The Kier molecular flexibility index (Phi) is 7.12. The van der Waals surface area contributed by atoms with Gasteiger partial charge in [0.15, 0.2) is 0 Å². The molecule has 2 aromatic rings. The number of aromatic nitrogens is 1. The lowest BCUT2D eigenvalue weighted by molar-refractivity contribution is -0.133. The zero-order chi connectivity index (χ0) is 23.4. The van der Waals surface area contributed by atoms with E-state index in [2.05, 4.69) is 10.3 Å². The van der Waals surface area contributed by atoms with Crippen LogP contribution in [0.5, 0.6) is 0 Å². The second-order valence-corrected chi connectivity index (χ2v) is 8.45. The molecule has 1 aliphatic heterocycles. The molecule has 0 unspecified atom stereocenters. The van der Waals surface area contributed by atoms with E-state index in [1.54, 1.807) is 61.2 Å². The Labute approximate surface area is 189 Å². The number of hydrogen-bond acceptors (Lipinski definition) is 5. The van der Waals surface area contributed by atoms with Gasteiger partial charge in [0.2, 0.25) is 11.8 Å². The average Bonchev–Trinajstić information content (AvgIpc) is 3.24. The number of anilines is 1. The Balaban J connectivity index is 1.72. The van der Waals surface area contributed by atoms with E-state index in [-0.39, 0.29) is 29.6 Å². The Morgan fingerprint density at radius 1 is 1.09 bits per heavy atom. The molecule has 0 bridgehead atoms. The molecule has 0 spiro atoms. The summed E-state index contributed by atoms with van der Waals surface area (Å²) in [5, 5.41) is 2.94. The van der Waals surface area contributed by atoms with Gasteiger partial charge in [-0.05, 0) is 23.3 Å². The van der Waals surface area contributed by atoms with Crippen LogP contribution in [0.2, 0.25) is 0 Å². The van der Waals surface area contributed by atoms with E-state index < -0.39 is 0 Å². The number of carbonyl (C=O) groups is 3. The molecule has 1 saturated heterocycles. The summed E-state index contributed by atoms with van der Waals surface area (Å²) in [6.45, 7) is 2.97. The fraction of sp³-hybridized carbons (Fsp3) is 0.417. The number of nitrogens with zero attached hydrogens (tertiary/aromatic N) is 4. The third-order valence-corrected chi connectivity index (χ3v) is 5.96. The number of hydrogen-bond donors (Lipinski definition) is 1. The second-order valence-electron chi connectivity index (χ2n) is 8.45. The molecule has 8 nitrogen and oxygen atoms in total. The summed E-state index contributed by atoms with van der Waals surface area (Å²) in [6.07, 6.45) is 1.61. The number of benzene rings is 1. The molecule has 3 rings (SSSR count). The topological polar surface area (TPSA) is 85.8 Å². The van der Waals surface area contributed by atoms with E-state index in [9.17, 15) is 14.4 Å². The van der Waals surface area contributed by atoms with Crippen LogP contribution in [0.25, 0.3) is 0 Å². The van der Waals surface area contributed by atoms with Gasteiger partial charge in [-0.2, -0.15) is 0 Å². The van der Waals surface area contributed by atoms with Crippen molar-refractivity contribution in [2.45, 2.75) is 19.4 Å². The lowest BCUT2D eigenvalue weighted by Gasteiger charge is -2.22. The van der Waals surface area contributed by atoms with Crippen molar-refractivity contribution in [3.8, 4) is 0 Å². The van der Waals surface area contributed by atoms with Gasteiger partial charge in [0.1, 0.15) is 5.82 Å². The van der Waals surface area contributed by atoms with Gasteiger partial charge in [0.25, 0.3) is 5.91 Å². The summed E-state index contributed by atoms with van der Waals surface area (Å²) in [4.78, 5) is 46.5. The summed E-state index contributed by atoms with van der Waals surface area (Å²) < 4.78 is 0. The van der Waals surface area contributed by atoms with Crippen molar-refractivity contribution in [3.63, 3.8) is 0 Å². The highest BCUT2D eigenvalue weighted by atomic mass is 16.2. The monoisotopic (exact) mass is 437 g/mol. The van der Waals surface area contributed by atoms with Crippen LogP contribution in [-0.2, 0) is 16.1 Å². The summed E-state index contributed by atoms with van der Waals surface area (Å²) in [5.41, 5.74) is 2.59. The summed E-state index contributed by atoms with van der Waals surface area (Å²) in [7, 11) is 7.02. The van der Waals surface area contributed by atoms with Crippen molar-refractivity contribution in [1.29, 1.82) is 0 Å². The van der Waals surface area contributed by atoms with Crippen molar-refractivity contribution in [2.75, 3.05) is 46.6 Å². The summed E-state index contributed by atoms with van der Waals surface area (Å²) in [6, 6.07) is 11.4. The number of pyridine rings is 1. The number of nitrogens with one attached hydrogen (secondary N) is 1. The van der Waals surface area contributed by atoms with E-state index >= 15 is 0 Å². The van der Waals surface area contributed by atoms with Crippen molar-refractivity contribution >= 4 is 23.5 Å². The van der Waals surface area contributed by atoms with E-state index in [1.807, 2.05) is 24.3 Å². The van der Waals surface area contributed by atoms with Gasteiger partial charge in [0, 0.05) is 72.4 Å². The minimum absolute atomic E-state index is 0.0154. The predicted molar refractivity (Wildman–Crippen MR) is 123 cm³/mol. The maximum atomic E-state index is 12.8. The Morgan fingerprint density at radius 3 is 2.38 bits per heavy atom. The van der Waals surface area contributed by atoms with Crippen LogP contribution in [0.1, 0.15) is 34.3 Å². The van der Waals surface area contributed by atoms with Gasteiger partial charge in [-0.1, -0.05) is 24.3 Å². The Hall–Kier alpha value is -3.42. The molecule has 1 N–H and O–H groups in total. The van der Waals surface area contributed by atoms with Gasteiger partial charge >= 0.3 is 0 Å². The van der Waals surface area contributed by atoms with Crippen LogP contribution in [0, 0.1) is 5.92 Å². The number of amides is 3. The molecule has 1 aromatic heterocycles. The van der Waals surface area contributed by atoms with Crippen LogP contribution in [0.15, 0.2) is 42.6 Å². The molecule has 0 radical (unpaired) electrons. The second kappa shape index (κ2) is 9.80. The van der Waals surface area contributed by atoms with E-state index in [4.69, 9.17) is 0 Å². The third-order valence-electron chi connectivity index (χ3n) is 5.96. The van der Waals surface area contributed by atoms with Crippen LogP contribution in [0.4, 0.5) is 5.82 Å². The van der Waals surface area contributed by atoms with E-state index in [1.165, 1.54) is 6.92 Å². The molecule has 1 aliphatic rings. The van der Waals surface area contributed by atoms with Gasteiger partial charge < -0.3 is 20.0 Å². The smallest absolute Gasteiger partial charge is 0.254 e. The fourth-order valence-electron chi connectivity index (χ4n) is 4.12. The minimum atomic E-state index is -0.253. The summed E-state index contributed by atoms with van der Waals surface area (Å²) >= 11 is 0. The number of rotatable bonds is 6. The standard InChI is InChI=1S/C24H31N5O3/c1-16(30)29-14-20(21(15-29)24(32)27(3)4)18-8-6-17(7-9-18)13-28(5)23(31)19-10-11-26-22(12-19)25-2/h6-12,20-21H,13-15H2,1-5H3,(H,25,26)/t20-,21+/m1/s1. The normalized spacial score (nSPS) is 17.7. The number of carbonyl (C=O) groups excluding carboxylic acids is 3. The first-order valence-electron chi connectivity index (χ1n) is 10.7. The highest BCUT2D eigenvalue weighted by molar-refractivity contribution is 5.94. The molecule has 3 amide bonds. The molecular weight excluding hydrogens is 406 g/mol. The Morgan fingerprint density at radius 2 is 1.78 bits per heavy atom. The molecule has 2 atom stereocenters. The third kappa shape index (κ3) is 5.07. The average molecular weight is 438 g/mol. The molecule has 170 valence electrons. The first kappa shape index (κ1) is 23.2. The van der Waals surface area contributed by atoms with Crippen LogP contribution in [-0.4, -0.2) is 78.7 Å². The largest absolute Gasteiger partial charge is 0.373 e. The lowest BCUT2D eigenvalue weighted by atomic mass is 9.87. The highest BCUT2D eigenvalue weighted by Crippen LogP contribution is 2.34. The lowest BCUT2D eigenvalue weighted by Crippen LogP contribution is -2.34. The molecule has 32 heavy (non-hydrogen) atoms. The van der Waals surface area contributed by atoms with Crippen LogP contribution >= 0.6 is 0 Å². The molecule has 8 heteroatoms. The van der Waals surface area contributed by atoms with Crippen LogP contribution < -0.4 is 5.32 Å². The molecular formula is C24H31N5O3. The maximum Gasteiger partial charge on any atom is 0.254 e. The minimum Gasteiger partial charge on any atom is -0.373 e. The molecule has 0 aliphatic carbocycles. The van der Waals surface area contributed by atoms with Gasteiger partial charge in [-0.25, -0.2) is 4.98 Å². The summed E-state index contributed by atoms with van der Waals surface area (Å²) in [5.74, 6) is 0.282. The van der Waals surface area contributed by atoms with Gasteiger partial charge in [-0.3, -0.25) is 14.4 Å². The Bertz CT molecular complexity index is 989. The number of likely N-dealkylation sites (tertiary alicyclic amines) is 1. The molecule has 2 heterocycles.